The largest absolute Gasteiger partial charge is 0.396 e. The number of hydrogen-bond donors (Lipinski definition) is 2. The second-order valence-corrected chi connectivity index (χ2v) is 5.53. The van der Waals surface area contributed by atoms with Crippen LogP contribution in [0.15, 0.2) is 0 Å². The molecule has 2 aliphatic heterocycles. The van der Waals surface area contributed by atoms with Crippen LogP contribution in [0.1, 0.15) is 19.3 Å². The van der Waals surface area contributed by atoms with Crippen molar-refractivity contribution in [3.63, 3.8) is 0 Å². The number of hydrogen-bond acceptors (Lipinski definition) is 4. The summed E-state index contributed by atoms with van der Waals surface area (Å²) < 4.78 is 5.27. The van der Waals surface area contributed by atoms with Crippen molar-refractivity contribution in [3.8, 4) is 0 Å². The van der Waals surface area contributed by atoms with Gasteiger partial charge >= 0.3 is 0 Å². The third-order valence-electron chi connectivity index (χ3n) is 3.61. The highest BCUT2D eigenvalue weighted by molar-refractivity contribution is 7.99. The Morgan fingerprint density at radius 2 is 2.21 bits per heavy atom. The first-order valence-corrected chi connectivity index (χ1v) is 6.37. The van der Waals surface area contributed by atoms with E-state index in [4.69, 9.17) is 4.74 Å². The summed E-state index contributed by atoms with van der Waals surface area (Å²) >= 11 is 1.84. The monoisotopic (exact) mass is 218 g/mol. The molecule has 14 heavy (non-hydrogen) atoms. The minimum absolute atomic E-state index is 0.0832. The van der Waals surface area contributed by atoms with E-state index < -0.39 is 5.60 Å². The van der Waals surface area contributed by atoms with Crippen LogP contribution in [0.5, 0.6) is 0 Å². The lowest BCUT2D eigenvalue weighted by atomic mass is 9.70. The van der Waals surface area contributed by atoms with E-state index in [1.807, 2.05) is 11.8 Å². The molecule has 4 heteroatoms. The first-order valence-electron chi connectivity index (χ1n) is 5.21. The van der Waals surface area contributed by atoms with Gasteiger partial charge in [-0.15, -0.1) is 0 Å². The quantitative estimate of drug-likeness (QED) is 0.714. The molecule has 0 saturated carbocycles. The number of thioether (sulfide) groups is 1. The number of ether oxygens (including phenoxy) is 1. The Morgan fingerprint density at radius 1 is 1.36 bits per heavy atom. The van der Waals surface area contributed by atoms with Crippen LogP contribution in [0.2, 0.25) is 0 Å². The molecule has 0 aromatic rings. The van der Waals surface area contributed by atoms with Crippen LogP contribution in [0, 0.1) is 5.41 Å². The number of aliphatic hydroxyl groups is 2. The van der Waals surface area contributed by atoms with Gasteiger partial charge in [0.25, 0.3) is 0 Å². The van der Waals surface area contributed by atoms with Gasteiger partial charge in [-0.3, -0.25) is 0 Å². The van der Waals surface area contributed by atoms with Gasteiger partial charge in [0.15, 0.2) is 0 Å². The first kappa shape index (κ1) is 10.7. The molecule has 2 aliphatic rings. The molecule has 2 heterocycles. The van der Waals surface area contributed by atoms with E-state index in [1.54, 1.807) is 0 Å². The van der Waals surface area contributed by atoms with Crippen LogP contribution in [0.4, 0.5) is 0 Å². The molecular weight excluding hydrogens is 200 g/mol. The van der Waals surface area contributed by atoms with Gasteiger partial charge < -0.3 is 14.9 Å². The van der Waals surface area contributed by atoms with Gasteiger partial charge in [0.2, 0.25) is 0 Å². The molecule has 0 radical (unpaired) electrons. The fraction of sp³-hybridized carbons (Fsp3) is 1.00. The number of rotatable bonds is 2. The van der Waals surface area contributed by atoms with E-state index in [9.17, 15) is 10.2 Å². The van der Waals surface area contributed by atoms with Gasteiger partial charge in [0.1, 0.15) is 0 Å². The molecule has 82 valence electrons. The molecule has 0 aliphatic carbocycles. The molecule has 3 nitrogen and oxygen atoms in total. The van der Waals surface area contributed by atoms with Crippen LogP contribution >= 0.6 is 11.8 Å². The summed E-state index contributed by atoms with van der Waals surface area (Å²) in [6.45, 7) is 1.11. The van der Waals surface area contributed by atoms with Crippen molar-refractivity contribution in [2.24, 2.45) is 5.41 Å². The Hall–Kier alpha value is 0.230. The molecule has 2 unspecified atom stereocenters. The van der Waals surface area contributed by atoms with E-state index in [-0.39, 0.29) is 12.0 Å². The van der Waals surface area contributed by atoms with Crippen LogP contribution in [0.3, 0.4) is 0 Å². The molecule has 0 bridgehead atoms. The molecule has 0 spiro atoms. The summed E-state index contributed by atoms with van der Waals surface area (Å²) in [5.41, 5.74) is -1.10. The van der Waals surface area contributed by atoms with Gasteiger partial charge in [0.05, 0.1) is 18.8 Å². The van der Waals surface area contributed by atoms with Gasteiger partial charge in [-0.25, -0.2) is 0 Å². The summed E-state index contributed by atoms with van der Waals surface area (Å²) in [5.74, 6) is 2.02. The van der Waals surface area contributed by atoms with Gasteiger partial charge in [-0.1, -0.05) is 0 Å². The summed E-state index contributed by atoms with van der Waals surface area (Å²) in [4.78, 5) is 0. The molecule has 2 saturated heterocycles. The highest BCUT2D eigenvalue weighted by Gasteiger charge is 2.52. The lowest BCUT2D eigenvalue weighted by Gasteiger charge is -2.45. The van der Waals surface area contributed by atoms with Crippen molar-refractivity contribution in [2.75, 3.05) is 31.3 Å². The van der Waals surface area contributed by atoms with E-state index >= 15 is 0 Å². The fourth-order valence-corrected chi connectivity index (χ4v) is 3.85. The minimum atomic E-state index is -0.783. The van der Waals surface area contributed by atoms with Crippen molar-refractivity contribution in [1.29, 1.82) is 0 Å². The predicted octanol–water partition coefficient (Wildman–Crippen LogP) is 0.643. The molecule has 0 aromatic carbocycles. The standard InChI is InChI=1S/C10H18O3S/c11-6-9(2-1-5-14-8-9)10(12)3-4-13-7-10/h11-12H,1-8H2. The second kappa shape index (κ2) is 4.00. The zero-order valence-electron chi connectivity index (χ0n) is 8.37. The highest BCUT2D eigenvalue weighted by Crippen LogP contribution is 2.46. The Morgan fingerprint density at radius 3 is 2.71 bits per heavy atom. The smallest absolute Gasteiger partial charge is 0.0987 e. The molecule has 2 fully saturated rings. The fourth-order valence-electron chi connectivity index (χ4n) is 2.46. The van der Waals surface area contributed by atoms with Crippen molar-refractivity contribution in [3.05, 3.63) is 0 Å². The van der Waals surface area contributed by atoms with Crippen molar-refractivity contribution in [2.45, 2.75) is 24.9 Å². The third kappa shape index (κ3) is 1.58. The maximum Gasteiger partial charge on any atom is 0.0987 e. The maximum atomic E-state index is 10.5. The molecule has 0 aromatic heterocycles. The molecule has 0 amide bonds. The Bertz CT molecular complexity index is 196. The summed E-state index contributed by atoms with van der Waals surface area (Å²) in [7, 11) is 0. The third-order valence-corrected chi connectivity index (χ3v) is 4.95. The lowest BCUT2D eigenvalue weighted by molar-refractivity contribution is -0.103. The van der Waals surface area contributed by atoms with Crippen molar-refractivity contribution in [1.82, 2.24) is 0 Å². The first-order chi connectivity index (χ1) is 6.72. The minimum Gasteiger partial charge on any atom is -0.396 e. The van der Waals surface area contributed by atoms with Crippen LogP contribution in [-0.2, 0) is 4.74 Å². The predicted molar refractivity (Wildman–Crippen MR) is 56.5 cm³/mol. The SMILES string of the molecule is OCC1(C2(O)CCOC2)CCCSC1. The van der Waals surface area contributed by atoms with Gasteiger partial charge in [0, 0.05) is 24.2 Å². The Balaban J connectivity index is 2.16. The van der Waals surface area contributed by atoms with E-state index in [0.29, 0.717) is 19.6 Å². The van der Waals surface area contributed by atoms with Crippen LogP contribution in [0.25, 0.3) is 0 Å². The van der Waals surface area contributed by atoms with E-state index in [2.05, 4.69) is 0 Å². The average molecular weight is 218 g/mol. The summed E-state index contributed by atoms with van der Waals surface area (Å²) in [5, 5.41) is 20.0. The van der Waals surface area contributed by atoms with E-state index in [0.717, 1.165) is 24.3 Å². The molecule has 2 atom stereocenters. The zero-order valence-corrected chi connectivity index (χ0v) is 9.18. The average Bonchev–Trinajstić information content (AvgIpc) is 2.68. The summed E-state index contributed by atoms with van der Waals surface area (Å²) in [6, 6.07) is 0. The van der Waals surface area contributed by atoms with Crippen LogP contribution < -0.4 is 0 Å². The van der Waals surface area contributed by atoms with Gasteiger partial charge in [-0.05, 0) is 18.6 Å². The Labute approximate surface area is 88.8 Å². The van der Waals surface area contributed by atoms with Crippen molar-refractivity contribution >= 4 is 11.8 Å². The molecule has 2 N–H and O–H groups in total. The second-order valence-electron chi connectivity index (χ2n) is 4.43. The Kier molecular flexibility index (Phi) is 3.07. The lowest BCUT2D eigenvalue weighted by Crippen LogP contribution is -2.54. The number of aliphatic hydroxyl groups excluding tert-OH is 1. The topological polar surface area (TPSA) is 49.7 Å². The molecule has 2 rings (SSSR count). The van der Waals surface area contributed by atoms with Gasteiger partial charge in [-0.2, -0.15) is 11.8 Å². The van der Waals surface area contributed by atoms with Crippen LogP contribution in [-0.4, -0.2) is 47.1 Å². The maximum absolute atomic E-state index is 10.5. The summed E-state index contributed by atoms with van der Waals surface area (Å²) in [6.07, 6.45) is 2.69. The van der Waals surface area contributed by atoms with Crippen molar-refractivity contribution < 1.29 is 14.9 Å². The van der Waals surface area contributed by atoms with E-state index in [1.165, 1.54) is 0 Å². The zero-order chi connectivity index (χ0) is 10.1. The molecular formula is C10H18O3S. The normalized spacial score (nSPS) is 44.1. The highest BCUT2D eigenvalue weighted by atomic mass is 32.2.